The Kier molecular flexibility index (Phi) is 19.0. The summed E-state index contributed by atoms with van der Waals surface area (Å²) in [6, 6.07) is 0. The molecule has 0 rings (SSSR count). The van der Waals surface area contributed by atoms with E-state index in [0.29, 0.717) is 0 Å². The van der Waals surface area contributed by atoms with Gasteiger partial charge >= 0.3 is 0 Å². The first kappa shape index (κ1) is 22.0. The van der Waals surface area contributed by atoms with Crippen LogP contribution in [0.5, 0.6) is 0 Å². The molecule has 0 aliphatic heterocycles. The Hall–Kier alpha value is -0.0400. The van der Waals surface area contributed by atoms with E-state index in [-0.39, 0.29) is 0 Å². The van der Waals surface area contributed by atoms with Crippen molar-refractivity contribution in [2.45, 2.75) is 110 Å². The lowest BCUT2D eigenvalue weighted by Gasteiger charge is -2.05. The number of hydrogen-bond donors (Lipinski definition) is 1. The summed E-state index contributed by atoms with van der Waals surface area (Å²) in [5, 5.41) is 3.42. The van der Waals surface area contributed by atoms with Crippen molar-refractivity contribution in [2.75, 3.05) is 13.1 Å². The fourth-order valence-corrected chi connectivity index (χ4v) is 3.00. The Morgan fingerprint density at radius 1 is 0.591 bits per heavy atom. The van der Waals surface area contributed by atoms with E-state index < -0.39 is 0 Å². The second-order valence-electron chi connectivity index (χ2n) is 7.38. The van der Waals surface area contributed by atoms with Crippen molar-refractivity contribution in [3.8, 4) is 0 Å². The predicted molar refractivity (Wildman–Crippen MR) is 102 cm³/mol. The van der Waals surface area contributed by atoms with Gasteiger partial charge in [-0.05, 0) is 31.8 Å². The summed E-state index contributed by atoms with van der Waals surface area (Å²) in [5.74, 6) is 0.893. The highest BCUT2D eigenvalue weighted by Gasteiger charge is 1.96. The second kappa shape index (κ2) is 19.0. The van der Waals surface area contributed by atoms with Gasteiger partial charge in [-0.1, -0.05) is 104 Å². The van der Waals surface area contributed by atoms with Crippen molar-refractivity contribution >= 4 is 0 Å². The molecular weight excluding hydrogens is 266 g/mol. The maximum Gasteiger partial charge on any atom is -0.00489 e. The van der Waals surface area contributed by atoms with Gasteiger partial charge in [0.05, 0.1) is 0 Å². The molecule has 1 nitrogen and oxygen atoms in total. The molecule has 0 saturated carbocycles. The molecule has 1 heteroatoms. The third-order valence-electron chi connectivity index (χ3n) is 4.49. The largest absolute Gasteiger partial charge is 0.317 e. The summed E-state index contributed by atoms with van der Waals surface area (Å²) < 4.78 is 0. The van der Waals surface area contributed by atoms with Crippen LogP contribution in [-0.4, -0.2) is 13.1 Å². The standard InChI is InChI=1S/C21H44N/c1-4-19-22-20-17-15-13-11-9-7-5-6-8-10-12-14-16-18-21(2)3/h21-22H,1,4-20H2,2-3H3. The van der Waals surface area contributed by atoms with Crippen LogP contribution >= 0.6 is 0 Å². The first-order valence-corrected chi connectivity index (χ1v) is 10.3. The highest BCUT2D eigenvalue weighted by molar-refractivity contribution is 4.52. The Morgan fingerprint density at radius 3 is 1.41 bits per heavy atom. The molecule has 0 heterocycles. The molecule has 0 amide bonds. The number of hydrogen-bond acceptors (Lipinski definition) is 1. The molecule has 0 spiro atoms. The van der Waals surface area contributed by atoms with Crippen LogP contribution in [-0.2, 0) is 0 Å². The SMILES string of the molecule is [CH2]CCNCCCCCCCCCCCCCCCC(C)C. The molecule has 0 fully saturated rings. The predicted octanol–water partition coefficient (Wildman–Crippen LogP) is 6.92. The van der Waals surface area contributed by atoms with Crippen molar-refractivity contribution in [3.63, 3.8) is 0 Å². The lowest BCUT2D eigenvalue weighted by atomic mass is 10.0. The zero-order chi connectivity index (χ0) is 16.3. The summed E-state index contributed by atoms with van der Waals surface area (Å²) in [7, 11) is 0. The van der Waals surface area contributed by atoms with Crippen molar-refractivity contribution in [1.29, 1.82) is 0 Å². The first-order valence-electron chi connectivity index (χ1n) is 10.3. The minimum absolute atomic E-state index is 0.893. The van der Waals surface area contributed by atoms with Crippen LogP contribution in [0.4, 0.5) is 0 Å². The van der Waals surface area contributed by atoms with Gasteiger partial charge in [0.1, 0.15) is 0 Å². The van der Waals surface area contributed by atoms with Gasteiger partial charge in [0.15, 0.2) is 0 Å². The zero-order valence-corrected chi connectivity index (χ0v) is 15.8. The van der Waals surface area contributed by atoms with Crippen molar-refractivity contribution < 1.29 is 0 Å². The quantitative estimate of drug-likeness (QED) is 0.271. The van der Waals surface area contributed by atoms with Gasteiger partial charge in [-0.15, -0.1) is 0 Å². The van der Waals surface area contributed by atoms with Gasteiger partial charge in [-0.25, -0.2) is 0 Å². The van der Waals surface area contributed by atoms with E-state index in [1.807, 2.05) is 0 Å². The molecule has 0 bridgehead atoms. The fraction of sp³-hybridized carbons (Fsp3) is 0.952. The van der Waals surface area contributed by atoms with Crippen LogP contribution < -0.4 is 5.32 Å². The van der Waals surface area contributed by atoms with E-state index in [2.05, 4.69) is 26.1 Å². The first-order chi connectivity index (χ1) is 10.8. The maximum absolute atomic E-state index is 3.84. The van der Waals surface area contributed by atoms with Gasteiger partial charge < -0.3 is 5.32 Å². The molecule has 0 aromatic carbocycles. The molecule has 0 aliphatic carbocycles. The van der Waals surface area contributed by atoms with E-state index in [4.69, 9.17) is 0 Å². The molecule has 0 unspecified atom stereocenters. The zero-order valence-electron chi connectivity index (χ0n) is 15.8. The molecule has 22 heavy (non-hydrogen) atoms. The van der Waals surface area contributed by atoms with Crippen LogP contribution in [0, 0.1) is 12.8 Å². The van der Waals surface area contributed by atoms with Gasteiger partial charge in [-0.3, -0.25) is 0 Å². The second-order valence-corrected chi connectivity index (χ2v) is 7.38. The molecule has 0 aromatic rings. The van der Waals surface area contributed by atoms with Crippen LogP contribution in [0.15, 0.2) is 0 Å². The lowest BCUT2D eigenvalue weighted by molar-refractivity contribution is 0.502. The number of rotatable bonds is 18. The molecule has 0 aliphatic rings. The Bertz CT molecular complexity index is 188. The van der Waals surface area contributed by atoms with Crippen LogP contribution in [0.1, 0.15) is 110 Å². The molecule has 0 saturated heterocycles. The Labute approximate surface area is 142 Å². The molecule has 1 N–H and O–H groups in total. The van der Waals surface area contributed by atoms with E-state index in [0.717, 1.165) is 18.9 Å². The van der Waals surface area contributed by atoms with Gasteiger partial charge in [0, 0.05) is 0 Å². The molecule has 0 atom stereocenters. The summed E-state index contributed by atoms with van der Waals surface area (Å²) in [6.07, 6.45) is 21.2. The van der Waals surface area contributed by atoms with Crippen LogP contribution in [0.25, 0.3) is 0 Å². The van der Waals surface area contributed by atoms with Crippen LogP contribution in [0.2, 0.25) is 0 Å². The average molecular weight is 311 g/mol. The molecule has 1 radical (unpaired) electrons. The summed E-state index contributed by atoms with van der Waals surface area (Å²) in [5.41, 5.74) is 0. The van der Waals surface area contributed by atoms with Gasteiger partial charge in [-0.2, -0.15) is 0 Å². The van der Waals surface area contributed by atoms with Crippen molar-refractivity contribution in [1.82, 2.24) is 5.32 Å². The minimum atomic E-state index is 0.893. The summed E-state index contributed by atoms with van der Waals surface area (Å²) in [6.45, 7) is 10.8. The summed E-state index contributed by atoms with van der Waals surface area (Å²) >= 11 is 0. The number of unbranched alkanes of at least 4 members (excludes halogenated alkanes) is 12. The Morgan fingerprint density at radius 2 is 1.00 bits per heavy atom. The Balaban J connectivity index is 2.94. The topological polar surface area (TPSA) is 12.0 Å². The van der Waals surface area contributed by atoms with Crippen molar-refractivity contribution in [2.24, 2.45) is 5.92 Å². The molecular formula is C21H44N. The van der Waals surface area contributed by atoms with E-state index >= 15 is 0 Å². The van der Waals surface area contributed by atoms with Gasteiger partial charge in [0.25, 0.3) is 0 Å². The third-order valence-corrected chi connectivity index (χ3v) is 4.49. The highest BCUT2D eigenvalue weighted by Crippen LogP contribution is 2.14. The fourth-order valence-electron chi connectivity index (χ4n) is 3.00. The normalized spacial score (nSPS) is 11.5. The van der Waals surface area contributed by atoms with Crippen LogP contribution in [0.3, 0.4) is 0 Å². The maximum atomic E-state index is 3.84. The van der Waals surface area contributed by atoms with E-state index in [9.17, 15) is 0 Å². The molecule has 133 valence electrons. The van der Waals surface area contributed by atoms with Crippen molar-refractivity contribution in [3.05, 3.63) is 6.92 Å². The summed E-state index contributed by atoms with van der Waals surface area (Å²) in [4.78, 5) is 0. The third kappa shape index (κ3) is 20.0. The van der Waals surface area contributed by atoms with E-state index in [1.165, 1.54) is 96.4 Å². The smallest absolute Gasteiger partial charge is 0.00489 e. The monoisotopic (exact) mass is 310 g/mol. The van der Waals surface area contributed by atoms with Gasteiger partial charge in [0.2, 0.25) is 0 Å². The minimum Gasteiger partial charge on any atom is -0.317 e. The highest BCUT2D eigenvalue weighted by atomic mass is 14.8. The lowest BCUT2D eigenvalue weighted by Crippen LogP contribution is -2.15. The number of nitrogens with one attached hydrogen (secondary N) is 1. The average Bonchev–Trinajstić information content (AvgIpc) is 2.50. The molecule has 0 aromatic heterocycles. The van der Waals surface area contributed by atoms with E-state index in [1.54, 1.807) is 0 Å².